The highest BCUT2D eigenvalue weighted by molar-refractivity contribution is 7.78. The van der Waals surface area contributed by atoms with Gasteiger partial charge in [-0.05, 0) is 66.7 Å². The van der Waals surface area contributed by atoms with E-state index in [1.54, 1.807) is 9.21 Å². The molecule has 252 valence electrons. The molecule has 0 spiro atoms. The largest absolute Gasteiger partial charge is 0.447 e. The molecule has 6 aromatic carbocycles. The fraction of sp³-hybridized carbons (Fsp3) is 0.0270. The van der Waals surface area contributed by atoms with Gasteiger partial charge in [-0.1, -0.05) is 109 Å². The second-order valence-electron chi connectivity index (χ2n) is 10.5. The number of hydrogen-bond acceptors (Lipinski definition) is 10. The van der Waals surface area contributed by atoms with Crippen LogP contribution in [0.25, 0.3) is 0 Å². The Morgan fingerprint density at radius 3 is 1.52 bits per heavy atom. The van der Waals surface area contributed by atoms with Crippen molar-refractivity contribution < 1.29 is 27.8 Å². The van der Waals surface area contributed by atoms with Gasteiger partial charge in [0, 0.05) is 21.3 Å². The molecule has 10 nitrogen and oxygen atoms in total. The molecule has 0 radical (unpaired) electrons. The average Bonchev–Trinajstić information content (AvgIpc) is 3.17. The summed E-state index contributed by atoms with van der Waals surface area (Å²) < 4.78 is 36.0. The summed E-state index contributed by atoms with van der Waals surface area (Å²) in [5, 5.41) is 0. The lowest BCUT2D eigenvalue weighted by Gasteiger charge is -2.43. The molecule has 0 aromatic heterocycles. The molecule has 0 amide bonds. The average molecular weight is 723 g/mol. The molecule has 0 bridgehead atoms. The number of para-hydroxylation sites is 6. The summed E-state index contributed by atoms with van der Waals surface area (Å²) >= 11 is 0. The van der Waals surface area contributed by atoms with Crippen molar-refractivity contribution in [2.75, 3.05) is 0 Å². The lowest BCUT2D eigenvalue weighted by molar-refractivity contribution is 0.0545. The molecule has 1 heterocycles. The van der Waals surface area contributed by atoms with E-state index >= 15 is 0 Å². The van der Waals surface area contributed by atoms with Gasteiger partial charge in [-0.15, -0.1) is 4.52 Å². The summed E-state index contributed by atoms with van der Waals surface area (Å²) in [6.45, 7) is 0.217. The summed E-state index contributed by atoms with van der Waals surface area (Å²) in [6, 6.07) is 54.4. The third kappa shape index (κ3) is 8.10. The van der Waals surface area contributed by atoms with E-state index in [0.717, 1.165) is 5.56 Å². The number of nitrogens with two attached hydrogens (primary N) is 1. The van der Waals surface area contributed by atoms with Crippen molar-refractivity contribution in [3.8, 4) is 34.5 Å². The Labute approximate surface area is 293 Å². The molecule has 1 aliphatic rings. The van der Waals surface area contributed by atoms with E-state index in [-0.39, 0.29) is 6.54 Å². The highest BCUT2D eigenvalue weighted by Gasteiger charge is 2.58. The SMILES string of the molecule is NCc1ccccc1OP1(Oc2ccccc2)=NP(Oc2ccccc2)N(Oc2ccccc2)P(Oc2ccccc2)N1Oc1ccccc1. The standard InChI is InChI=1S/C37H33N4O6P3/c38-30-31-18-16-17-29-37(31)47-50(46-36-27-14-5-15-28-36)39-48(44-34-23-10-3-11-24-34)40(42-32-19-6-1-7-20-32)49(45-35-25-12-4-13-26-35)41(50)43-33-21-8-2-9-22-33/h1-29H,30,38H2. The molecule has 6 aromatic rings. The molecule has 3 unspecified atom stereocenters. The predicted molar refractivity (Wildman–Crippen MR) is 197 cm³/mol. The maximum absolute atomic E-state index is 7.02. The normalized spacial score (nSPS) is 19.1. The number of nitrogens with zero attached hydrogens (tertiary/aromatic N) is 3. The first kappa shape index (κ1) is 33.6. The van der Waals surface area contributed by atoms with E-state index in [2.05, 4.69) is 0 Å². The van der Waals surface area contributed by atoms with Crippen molar-refractivity contribution >= 4 is 24.6 Å². The van der Waals surface area contributed by atoms with Crippen LogP contribution in [0.4, 0.5) is 0 Å². The van der Waals surface area contributed by atoms with Gasteiger partial charge in [-0.25, -0.2) is 0 Å². The number of benzene rings is 6. The minimum atomic E-state index is -3.81. The smallest absolute Gasteiger partial charge is 0.440 e. The highest BCUT2D eigenvalue weighted by atomic mass is 31.3. The van der Waals surface area contributed by atoms with Crippen LogP contribution in [-0.4, -0.2) is 9.21 Å². The molecule has 0 fully saturated rings. The molecule has 2 N–H and O–H groups in total. The van der Waals surface area contributed by atoms with Crippen LogP contribution in [0.1, 0.15) is 5.56 Å². The van der Waals surface area contributed by atoms with Crippen molar-refractivity contribution in [1.82, 2.24) is 9.21 Å². The van der Waals surface area contributed by atoms with E-state index in [4.69, 9.17) is 38.0 Å². The molecular formula is C37H33N4O6P3. The summed E-state index contributed by atoms with van der Waals surface area (Å²) in [5.41, 5.74) is 6.98. The van der Waals surface area contributed by atoms with Crippen LogP contribution < -0.4 is 33.5 Å². The summed E-state index contributed by atoms with van der Waals surface area (Å²) in [6.07, 6.45) is 0. The molecule has 1 aliphatic heterocycles. The van der Waals surface area contributed by atoms with E-state index in [9.17, 15) is 0 Å². The lowest BCUT2D eigenvalue weighted by atomic mass is 10.2. The first-order chi connectivity index (χ1) is 24.7. The number of rotatable bonds is 13. The Morgan fingerprint density at radius 1 is 0.500 bits per heavy atom. The minimum absolute atomic E-state index is 0.217. The van der Waals surface area contributed by atoms with Gasteiger partial charge in [0.25, 0.3) is 0 Å². The van der Waals surface area contributed by atoms with Gasteiger partial charge >= 0.3 is 24.6 Å². The monoisotopic (exact) mass is 722 g/mol. The third-order valence-electron chi connectivity index (χ3n) is 6.94. The van der Waals surface area contributed by atoms with E-state index in [1.807, 2.05) is 176 Å². The van der Waals surface area contributed by atoms with Crippen molar-refractivity contribution in [3.05, 3.63) is 181 Å². The Hall–Kier alpha value is -4.91. The van der Waals surface area contributed by atoms with Crippen LogP contribution in [0.2, 0.25) is 0 Å². The van der Waals surface area contributed by atoms with Gasteiger partial charge in [0.2, 0.25) is 0 Å². The van der Waals surface area contributed by atoms with E-state index in [0.29, 0.717) is 34.5 Å². The third-order valence-corrected chi connectivity index (χ3v) is 13.8. The molecule has 7 rings (SSSR count). The fourth-order valence-corrected chi connectivity index (χ4v) is 12.1. The van der Waals surface area contributed by atoms with Gasteiger partial charge < -0.3 is 33.5 Å². The van der Waals surface area contributed by atoms with Gasteiger partial charge in [0.05, 0.1) is 0 Å². The maximum atomic E-state index is 7.02. The first-order valence-electron chi connectivity index (χ1n) is 15.7. The van der Waals surface area contributed by atoms with Crippen LogP contribution >= 0.6 is 24.6 Å². The lowest BCUT2D eigenvalue weighted by Crippen LogP contribution is -2.37. The zero-order valence-corrected chi connectivity index (χ0v) is 29.3. The zero-order chi connectivity index (χ0) is 34.0. The second kappa shape index (κ2) is 16.2. The second-order valence-corrected chi connectivity index (χ2v) is 16.0. The molecule has 13 heteroatoms. The van der Waals surface area contributed by atoms with Crippen molar-refractivity contribution in [2.45, 2.75) is 6.54 Å². The quantitative estimate of drug-likeness (QED) is 0.117. The molecular weight excluding hydrogens is 689 g/mol. The van der Waals surface area contributed by atoms with Crippen LogP contribution in [0, 0.1) is 0 Å². The van der Waals surface area contributed by atoms with Gasteiger partial charge in [-0.3, -0.25) is 0 Å². The Morgan fingerprint density at radius 2 is 0.960 bits per heavy atom. The first-order valence-corrected chi connectivity index (χ1v) is 19.5. The highest BCUT2D eigenvalue weighted by Crippen LogP contribution is 2.77. The van der Waals surface area contributed by atoms with Crippen LogP contribution in [0.15, 0.2) is 180 Å². The molecule has 50 heavy (non-hydrogen) atoms. The predicted octanol–water partition coefficient (Wildman–Crippen LogP) is 10.8. The Balaban J connectivity index is 1.48. The summed E-state index contributed by atoms with van der Waals surface area (Å²) in [4.78, 5) is 13.4. The van der Waals surface area contributed by atoms with Gasteiger partial charge in [0.15, 0.2) is 0 Å². The van der Waals surface area contributed by atoms with Crippen LogP contribution in [0.5, 0.6) is 34.5 Å². The number of hydrogen-bond donors (Lipinski definition) is 1. The summed E-state index contributed by atoms with van der Waals surface area (Å²) in [5.74, 6) is 3.14. The molecule has 0 saturated heterocycles. The topological polar surface area (TPSA) is 100 Å². The zero-order valence-electron chi connectivity index (χ0n) is 26.7. The molecule has 3 atom stereocenters. The fourth-order valence-electron chi connectivity index (χ4n) is 4.61. The van der Waals surface area contributed by atoms with Crippen molar-refractivity contribution in [1.29, 1.82) is 0 Å². The van der Waals surface area contributed by atoms with E-state index < -0.39 is 24.6 Å². The minimum Gasteiger partial charge on any atom is -0.440 e. The van der Waals surface area contributed by atoms with Gasteiger partial charge in [0.1, 0.15) is 34.5 Å². The molecule has 0 aliphatic carbocycles. The van der Waals surface area contributed by atoms with Crippen LogP contribution in [0.3, 0.4) is 0 Å². The van der Waals surface area contributed by atoms with Crippen molar-refractivity contribution in [2.24, 2.45) is 10.2 Å². The summed E-state index contributed by atoms with van der Waals surface area (Å²) in [7, 11) is -8.04. The Kier molecular flexibility index (Phi) is 10.9. The van der Waals surface area contributed by atoms with E-state index in [1.165, 1.54) is 0 Å². The molecule has 0 saturated carbocycles. The Bertz CT molecular complexity index is 2000. The maximum Gasteiger partial charge on any atom is 0.447 e. The van der Waals surface area contributed by atoms with Crippen LogP contribution in [-0.2, 0) is 6.54 Å². The van der Waals surface area contributed by atoms with Gasteiger partial charge in [-0.2, -0.15) is 0 Å². The van der Waals surface area contributed by atoms with Crippen molar-refractivity contribution in [3.63, 3.8) is 0 Å².